The number of nitrogen functional groups attached to an aromatic ring is 1. The van der Waals surface area contributed by atoms with E-state index in [1.54, 1.807) is 18.2 Å². The summed E-state index contributed by atoms with van der Waals surface area (Å²) in [7, 11) is 0. The zero-order valence-electron chi connectivity index (χ0n) is 11.6. The molecule has 4 N–H and O–H groups in total. The predicted octanol–water partition coefficient (Wildman–Crippen LogP) is 3.22. The van der Waals surface area contributed by atoms with Crippen LogP contribution in [0.4, 0.5) is 10.1 Å². The van der Waals surface area contributed by atoms with Crippen LogP contribution in [0, 0.1) is 12.7 Å². The summed E-state index contributed by atoms with van der Waals surface area (Å²) in [5.74, 6) is -0.706. The van der Waals surface area contributed by atoms with E-state index in [1.165, 1.54) is 12.3 Å². The second-order valence-corrected chi connectivity index (χ2v) is 5.73. The van der Waals surface area contributed by atoms with Crippen LogP contribution in [0.3, 0.4) is 0 Å². The van der Waals surface area contributed by atoms with E-state index in [-0.39, 0.29) is 16.3 Å². The number of nitrogens with two attached hydrogens (primary N) is 2. The Bertz CT molecular complexity index is 892. The van der Waals surface area contributed by atoms with Crippen LogP contribution in [0.15, 0.2) is 30.5 Å². The van der Waals surface area contributed by atoms with E-state index in [0.29, 0.717) is 16.0 Å². The molecule has 0 atom stereocenters. The van der Waals surface area contributed by atoms with Gasteiger partial charge >= 0.3 is 0 Å². The molecule has 0 bridgehead atoms. The number of rotatable bonds is 3. The van der Waals surface area contributed by atoms with Gasteiger partial charge in [0, 0.05) is 6.20 Å². The smallest absolute Gasteiger partial charge is 0.260 e. The third-order valence-corrected chi connectivity index (χ3v) is 4.25. The normalized spacial score (nSPS) is 10.8. The second kappa shape index (κ2) is 5.27. The van der Waals surface area contributed by atoms with Gasteiger partial charge in [0.15, 0.2) is 11.6 Å². The van der Waals surface area contributed by atoms with Gasteiger partial charge in [-0.3, -0.25) is 4.79 Å². The number of thiophene rings is 1. The summed E-state index contributed by atoms with van der Waals surface area (Å²) in [4.78, 5) is 16.3. The maximum absolute atomic E-state index is 13.8. The molecular formula is C15H12FN3O2S. The van der Waals surface area contributed by atoms with Crippen molar-refractivity contribution in [3.05, 3.63) is 46.7 Å². The molecule has 0 spiro atoms. The number of hydrogen-bond donors (Lipinski definition) is 2. The summed E-state index contributed by atoms with van der Waals surface area (Å²) < 4.78 is 19.5. The van der Waals surface area contributed by atoms with E-state index in [0.717, 1.165) is 16.9 Å². The molecule has 112 valence electrons. The monoisotopic (exact) mass is 317 g/mol. The molecular weight excluding hydrogens is 305 g/mol. The lowest BCUT2D eigenvalue weighted by Crippen LogP contribution is -2.10. The Kier molecular flexibility index (Phi) is 3.42. The number of amides is 1. The van der Waals surface area contributed by atoms with Crippen molar-refractivity contribution in [3.63, 3.8) is 0 Å². The SMILES string of the molecule is Cc1ccc(F)c(Oc2ccnc3sc(C(N)=O)c(N)c23)c1. The van der Waals surface area contributed by atoms with Crippen LogP contribution in [0.25, 0.3) is 10.2 Å². The first-order chi connectivity index (χ1) is 10.5. The minimum absolute atomic E-state index is 0.0822. The van der Waals surface area contributed by atoms with Gasteiger partial charge in [0.25, 0.3) is 5.91 Å². The average molecular weight is 317 g/mol. The van der Waals surface area contributed by atoms with Crippen molar-refractivity contribution in [1.82, 2.24) is 4.98 Å². The predicted molar refractivity (Wildman–Crippen MR) is 83.8 cm³/mol. The Hall–Kier alpha value is -2.67. The molecule has 1 amide bonds. The summed E-state index contributed by atoms with van der Waals surface area (Å²) >= 11 is 1.08. The minimum atomic E-state index is -0.631. The standard InChI is InChI=1S/C15H12FN3O2S/c1-7-2-3-8(16)10(6-7)21-9-4-5-19-15-11(9)12(17)13(22-15)14(18)20/h2-6H,17H2,1H3,(H2,18,20). The number of fused-ring (bicyclic) bond motifs is 1. The fourth-order valence-electron chi connectivity index (χ4n) is 2.09. The molecule has 7 heteroatoms. The largest absolute Gasteiger partial charge is 0.453 e. The maximum Gasteiger partial charge on any atom is 0.260 e. The Morgan fingerprint density at radius 2 is 2.09 bits per heavy atom. The van der Waals surface area contributed by atoms with Gasteiger partial charge < -0.3 is 16.2 Å². The fraction of sp³-hybridized carbons (Fsp3) is 0.0667. The Balaban J connectivity index is 2.15. The molecule has 2 aromatic heterocycles. The highest BCUT2D eigenvalue weighted by Gasteiger charge is 2.19. The lowest BCUT2D eigenvalue weighted by Gasteiger charge is -2.09. The van der Waals surface area contributed by atoms with E-state index in [1.807, 2.05) is 6.92 Å². The maximum atomic E-state index is 13.8. The number of hydrogen-bond acceptors (Lipinski definition) is 5. The number of ether oxygens (including phenoxy) is 1. The van der Waals surface area contributed by atoms with Crippen molar-refractivity contribution in [3.8, 4) is 11.5 Å². The zero-order chi connectivity index (χ0) is 15.9. The van der Waals surface area contributed by atoms with Crippen LogP contribution in [0.2, 0.25) is 0 Å². The van der Waals surface area contributed by atoms with Crippen molar-refractivity contribution in [2.45, 2.75) is 6.92 Å². The van der Waals surface area contributed by atoms with Crippen LogP contribution in [-0.4, -0.2) is 10.9 Å². The van der Waals surface area contributed by atoms with Gasteiger partial charge in [-0.25, -0.2) is 9.37 Å². The highest BCUT2D eigenvalue weighted by molar-refractivity contribution is 7.21. The molecule has 0 aliphatic heterocycles. The third-order valence-electron chi connectivity index (χ3n) is 3.12. The quantitative estimate of drug-likeness (QED) is 0.776. The number of carbonyl (C=O) groups excluding carboxylic acids is 1. The number of pyridine rings is 1. The number of carbonyl (C=O) groups is 1. The third kappa shape index (κ3) is 2.35. The van der Waals surface area contributed by atoms with Gasteiger partial charge in [-0.2, -0.15) is 0 Å². The average Bonchev–Trinajstić information content (AvgIpc) is 2.81. The molecule has 22 heavy (non-hydrogen) atoms. The molecule has 0 saturated heterocycles. The van der Waals surface area contributed by atoms with Crippen LogP contribution in [0.1, 0.15) is 15.2 Å². The number of aromatic nitrogens is 1. The van der Waals surface area contributed by atoms with Gasteiger partial charge in [0.1, 0.15) is 15.5 Å². The molecule has 3 aromatic rings. The van der Waals surface area contributed by atoms with E-state index < -0.39 is 11.7 Å². The van der Waals surface area contributed by atoms with Gasteiger partial charge in [0.05, 0.1) is 11.1 Å². The lowest BCUT2D eigenvalue weighted by atomic mass is 10.2. The van der Waals surface area contributed by atoms with Gasteiger partial charge in [0.2, 0.25) is 0 Å². The second-order valence-electron chi connectivity index (χ2n) is 4.73. The molecule has 3 rings (SSSR count). The molecule has 1 aromatic carbocycles. The summed E-state index contributed by atoms with van der Waals surface area (Å²) in [6.07, 6.45) is 1.51. The van der Waals surface area contributed by atoms with Crippen molar-refractivity contribution >= 4 is 33.1 Å². The number of halogens is 1. The summed E-state index contributed by atoms with van der Waals surface area (Å²) in [5, 5.41) is 0.460. The molecule has 0 aliphatic rings. The van der Waals surface area contributed by atoms with Crippen LogP contribution in [-0.2, 0) is 0 Å². The first-order valence-electron chi connectivity index (χ1n) is 6.38. The van der Waals surface area contributed by atoms with E-state index >= 15 is 0 Å². The Labute approximate surface area is 129 Å². The van der Waals surface area contributed by atoms with Crippen LogP contribution >= 0.6 is 11.3 Å². The number of anilines is 1. The first kappa shape index (κ1) is 14.3. The molecule has 0 saturated carbocycles. The van der Waals surface area contributed by atoms with Crippen molar-refractivity contribution in [2.24, 2.45) is 5.73 Å². The van der Waals surface area contributed by atoms with E-state index in [9.17, 15) is 9.18 Å². The van der Waals surface area contributed by atoms with Crippen LogP contribution in [0.5, 0.6) is 11.5 Å². The van der Waals surface area contributed by atoms with E-state index in [2.05, 4.69) is 4.98 Å². The van der Waals surface area contributed by atoms with Crippen molar-refractivity contribution in [2.75, 3.05) is 5.73 Å². The number of primary amides is 1. The summed E-state index contributed by atoms with van der Waals surface area (Å²) in [6, 6.07) is 6.13. The minimum Gasteiger partial charge on any atom is -0.453 e. The van der Waals surface area contributed by atoms with Crippen molar-refractivity contribution in [1.29, 1.82) is 0 Å². The summed E-state index contributed by atoms with van der Waals surface area (Å²) in [5.41, 5.74) is 12.3. The highest BCUT2D eigenvalue weighted by atomic mass is 32.1. The topological polar surface area (TPSA) is 91.2 Å². The lowest BCUT2D eigenvalue weighted by molar-refractivity contribution is 0.100. The highest BCUT2D eigenvalue weighted by Crippen LogP contribution is 2.40. The van der Waals surface area contributed by atoms with Gasteiger partial charge in [-0.15, -0.1) is 11.3 Å². The van der Waals surface area contributed by atoms with E-state index in [4.69, 9.17) is 16.2 Å². The number of nitrogens with zero attached hydrogens (tertiary/aromatic N) is 1. The first-order valence-corrected chi connectivity index (χ1v) is 7.20. The fourth-order valence-corrected chi connectivity index (χ4v) is 3.02. The van der Waals surface area contributed by atoms with Gasteiger partial charge in [-0.1, -0.05) is 6.07 Å². The molecule has 0 radical (unpaired) electrons. The van der Waals surface area contributed by atoms with Gasteiger partial charge in [-0.05, 0) is 30.7 Å². The zero-order valence-corrected chi connectivity index (χ0v) is 12.4. The number of aryl methyl sites for hydroxylation is 1. The molecule has 0 fully saturated rings. The Morgan fingerprint density at radius 1 is 1.32 bits per heavy atom. The van der Waals surface area contributed by atoms with Crippen molar-refractivity contribution < 1.29 is 13.9 Å². The van der Waals surface area contributed by atoms with Crippen LogP contribution < -0.4 is 16.2 Å². The summed E-state index contributed by atoms with van der Waals surface area (Å²) in [6.45, 7) is 1.83. The number of benzene rings is 1. The molecule has 5 nitrogen and oxygen atoms in total. The molecule has 0 unspecified atom stereocenters. The Morgan fingerprint density at radius 3 is 2.82 bits per heavy atom. The molecule has 0 aliphatic carbocycles. The molecule has 2 heterocycles.